The molecule has 1 aliphatic rings. The summed E-state index contributed by atoms with van der Waals surface area (Å²) in [5.41, 5.74) is 1.39. The summed E-state index contributed by atoms with van der Waals surface area (Å²) in [6.45, 7) is 8.94. The Labute approximate surface area is 148 Å². The van der Waals surface area contributed by atoms with Crippen molar-refractivity contribution in [2.45, 2.75) is 13.8 Å². The first-order valence-corrected chi connectivity index (χ1v) is 8.26. The van der Waals surface area contributed by atoms with E-state index >= 15 is 0 Å². The van der Waals surface area contributed by atoms with Crippen molar-refractivity contribution >= 4 is 29.3 Å². The molecule has 0 spiro atoms. The summed E-state index contributed by atoms with van der Waals surface area (Å²) in [4.78, 5) is 15.7. The zero-order valence-electron chi connectivity index (χ0n) is 14.2. The summed E-state index contributed by atoms with van der Waals surface area (Å²) in [5.74, 6) is 1.20. The minimum atomic E-state index is -0.0880. The molecule has 1 amide bonds. The molecular weight excluding hydrogens is 324 g/mol. The molecule has 2 rings (SSSR count). The quantitative estimate of drug-likeness (QED) is 0.431. The molecule has 1 heterocycles. The predicted molar refractivity (Wildman–Crippen MR) is 99.0 cm³/mol. The summed E-state index contributed by atoms with van der Waals surface area (Å²) in [6.07, 6.45) is 3.49. The van der Waals surface area contributed by atoms with Crippen LogP contribution in [0.25, 0.3) is 6.08 Å². The second kappa shape index (κ2) is 7.97. The van der Waals surface area contributed by atoms with E-state index in [0.29, 0.717) is 42.1 Å². The SMILES string of the molecule is C=CCOc1ccc(/C=C2/C(=O)N(CC)C(=S)N2C)cc1OCC. The zero-order valence-corrected chi connectivity index (χ0v) is 15.1. The van der Waals surface area contributed by atoms with E-state index in [-0.39, 0.29) is 5.91 Å². The molecule has 6 heteroatoms. The first kappa shape index (κ1) is 18.0. The number of benzene rings is 1. The van der Waals surface area contributed by atoms with Crippen molar-refractivity contribution < 1.29 is 14.3 Å². The third kappa shape index (κ3) is 3.59. The van der Waals surface area contributed by atoms with Crippen LogP contribution in [-0.2, 0) is 4.79 Å². The average molecular weight is 346 g/mol. The molecule has 1 fully saturated rings. The smallest absolute Gasteiger partial charge is 0.276 e. The Morgan fingerprint density at radius 3 is 2.58 bits per heavy atom. The fraction of sp³-hybridized carbons (Fsp3) is 0.333. The number of ether oxygens (including phenoxy) is 2. The van der Waals surface area contributed by atoms with Crippen molar-refractivity contribution in [3.63, 3.8) is 0 Å². The second-order valence-electron chi connectivity index (χ2n) is 5.16. The van der Waals surface area contributed by atoms with Crippen molar-refractivity contribution in [3.05, 3.63) is 42.1 Å². The molecule has 0 aromatic heterocycles. The molecule has 128 valence electrons. The Kier molecular flexibility index (Phi) is 5.98. The molecular formula is C18H22N2O3S. The van der Waals surface area contributed by atoms with Crippen LogP contribution in [0.3, 0.4) is 0 Å². The minimum absolute atomic E-state index is 0.0880. The van der Waals surface area contributed by atoms with E-state index in [9.17, 15) is 4.79 Å². The highest BCUT2D eigenvalue weighted by molar-refractivity contribution is 7.80. The fourth-order valence-electron chi connectivity index (χ4n) is 2.40. The van der Waals surface area contributed by atoms with E-state index in [1.54, 1.807) is 22.9 Å². The van der Waals surface area contributed by atoms with Gasteiger partial charge in [-0.1, -0.05) is 18.7 Å². The van der Waals surface area contributed by atoms with Gasteiger partial charge >= 0.3 is 0 Å². The first-order chi connectivity index (χ1) is 11.5. The van der Waals surface area contributed by atoms with Crippen molar-refractivity contribution in [2.24, 2.45) is 0 Å². The molecule has 0 aliphatic carbocycles. The lowest BCUT2D eigenvalue weighted by Gasteiger charge is -2.14. The van der Waals surface area contributed by atoms with Crippen LogP contribution in [-0.4, -0.2) is 47.6 Å². The molecule has 1 aromatic rings. The Morgan fingerprint density at radius 2 is 2.00 bits per heavy atom. The number of nitrogens with zero attached hydrogens (tertiary/aromatic N) is 2. The van der Waals surface area contributed by atoms with Crippen LogP contribution < -0.4 is 9.47 Å². The standard InChI is InChI=1S/C18H22N2O3S/c1-5-10-23-15-9-8-13(12-16(15)22-7-3)11-14-17(21)20(6-2)18(24)19(14)4/h5,8-9,11-12H,1,6-7,10H2,2-4H3/b14-11-. The summed E-state index contributed by atoms with van der Waals surface area (Å²) in [7, 11) is 1.80. The Morgan fingerprint density at radius 1 is 1.25 bits per heavy atom. The lowest BCUT2D eigenvalue weighted by atomic mass is 10.1. The van der Waals surface area contributed by atoms with E-state index < -0.39 is 0 Å². The molecule has 0 unspecified atom stereocenters. The number of hydrogen-bond acceptors (Lipinski definition) is 4. The van der Waals surface area contributed by atoms with Gasteiger partial charge < -0.3 is 14.4 Å². The topological polar surface area (TPSA) is 42.0 Å². The lowest BCUT2D eigenvalue weighted by molar-refractivity contribution is -0.122. The zero-order chi connectivity index (χ0) is 17.7. The molecule has 0 N–H and O–H groups in total. The van der Waals surface area contributed by atoms with Crippen LogP contribution in [0.5, 0.6) is 11.5 Å². The van der Waals surface area contributed by atoms with Gasteiger partial charge in [0, 0.05) is 13.6 Å². The van der Waals surface area contributed by atoms with Crippen molar-refractivity contribution in [3.8, 4) is 11.5 Å². The van der Waals surface area contributed by atoms with Gasteiger partial charge in [0.15, 0.2) is 16.6 Å². The van der Waals surface area contributed by atoms with Crippen LogP contribution in [0.1, 0.15) is 19.4 Å². The second-order valence-corrected chi connectivity index (χ2v) is 5.52. The van der Waals surface area contributed by atoms with E-state index in [2.05, 4.69) is 6.58 Å². The maximum Gasteiger partial charge on any atom is 0.276 e. The van der Waals surface area contributed by atoms with Crippen LogP contribution in [0, 0.1) is 0 Å². The van der Waals surface area contributed by atoms with Gasteiger partial charge in [0.1, 0.15) is 12.3 Å². The molecule has 1 aromatic carbocycles. The maximum atomic E-state index is 12.4. The van der Waals surface area contributed by atoms with Crippen molar-refractivity contribution in [1.82, 2.24) is 9.80 Å². The van der Waals surface area contributed by atoms with Crippen molar-refractivity contribution in [2.75, 3.05) is 26.8 Å². The first-order valence-electron chi connectivity index (χ1n) is 7.85. The Balaban J connectivity index is 2.35. The fourth-order valence-corrected chi connectivity index (χ4v) is 2.71. The number of carbonyl (C=O) groups excluding carboxylic acids is 1. The predicted octanol–water partition coefficient (Wildman–Crippen LogP) is 3.07. The normalized spacial score (nSPS) is 16.0. The highest BCUT2D eigenvalue weighted by Crippen LogP contribution is 2.30. The third-order valence-corrected chi connectivity index (χ3v) is 4.08. The summed E-state index contributed by atoms with van der Waals surface area (Å²) >= 11 is 5.30. The molecule has 0 saturated carbocycles. The van der Waals surface area contributed by atoms with Crippen LogP contribution in [0.2, 0.25) is 0 Å². The largest absolute Gasteiger partial charge is 0.490 e. The molecule has 0 atom stereocenters. The van der Waals surface area contributed by atoms with Gasteiger partial charge in [0.2, 0.25) is 0 Å². The number of hydrogen-bond donors (Lipinski definition) is 0. The monoisotopic (exact) mass is 346 g/mol. The highest BCUT2D eigenvalue weighted by atomic mass is 32.1. The molecule has 0 bridgehead atoms. The number of carbonyl (C=O) groups is 1. The minimum Gasteiger partial charge on any atom is -0.490 e. The molecule has 24 heavy (non-hydrogen) atoms. The molecule has 5 nitrogen and oxygen atoms in total. The third-order valence-electron chi connectivity index (χ3n) is 3.59. The van der Waals surface area contributed by atoms with Gasteiger partial charge in [0.25, 0.3) is 5.91 Å². The molecule has 0 radical (unpaired) electrons. The van der Waals surface area contributed by atoms with Gasteiger partial charge in [-0.3, -0.25) is 9.69 Å². The van der Waals surface area contributed by atoms with Gasteiger partial charge in [-0.2, -0.15) is 0 Å². The highest BCUT2D eigenvalue weighted by Gasteiger charge is 2.34. The van der Waals surface area contributed by atoms with E-state index in [1.807, 2.05) is 38.1 Å². The lowest BCUT2D eigenvalue weighted by Crippen LogP contribution is -2.30. The van der Waals surface area contributed by atoms with Gasteiger partial charge in [-0.15, -0.1) is 0 Å². The van der Waals surface area contributed by atoms with Gasteiger partial charge in [-0.25, -0.2) is 0 Å². The van der Waals surface area contributed by atoms with Crippen LogP contribution in [0.15, 0.2) is 36.6 Å². The Hall–Kier alpha value is -2.34. The van der Waals surface area contributed by atoms with Crippen LogP contribution in [0.4, 0.5) is 0 Å². The Bertz CT molecular complexity index is 685. The van der Waals surface area contributed by atoms with E-state index in [4.69, 9.17) is 21.7 Å². The van der Waals surface area contributed by atoms with Gasteiger partial charge in [0.05, 0.1) is 6.61 Å². The number of likely N-dealkylation sites (N-methyl/N-ethyl adjacent to an activating group) is 2. The van der Waals surface area contributed by atoms with E-state index in [0.717, 1.165) is 5.56 Å². The molecule has 1 saturated heterocycles. The van der Waals surface area contributed by atoms with E-state index in [1.165, 1.54) is 0 Å². The van der Waals surface area contributed by atoms with Crippen LogP contribution >= 0.6 is 12.2 Å². The summed E-state index contributed by atoms with van der Waals surface area (Å²) < 4.78 is 11.2. The van der Waals surface area contributed by atoms with Crippen molar-refractivity contribution in [1.29, 1.82) is 0 Å². The van der Waals surface area contributed by atoms with Gasteiger partial charge in [-0.05, 0) is 49.8 Å². The molecule has 1 aliphatic heterocycles. The maximum absolute atomic E-state index is 12.4. The number of rotatable bonds is 7. The average Bonchev–Trinajstić information content (AvgIpc) is 2.77. The summed E-state index contributed by atoms with van der Waals surface area (Å²) in [5, 5.41) is 0.518. The summed E-state index contributed by atoms with van der Waals surface area (Å²) in [6, 6.07) is 5.57. The number of thiocarbonyl (C=S) groups is 1. The number of amides is 1.